The number of carbonyl (C=O) groups is 1. The van der Waals surface area contributed by atoms with E-state index in [1.807, 2.05) is 25.7 Å². The first-order chi connectivity index (χ1) is 17.0. The van der Waals surface area contributed by atoms with Gasteiger partial charge in [-0.05, 0) is 45.7 Å². The van der Waals surface area contributed by atoms with Gasteiger partial charge in [-0.3, -0.25) is 4.90 Å². The molecule has 3 fully saturated rings. The number of fused-ring (bicyclic) bond motifs is 3. The number of halogens is 2. The van der Waals surface area contributed by atoms with Crippen LogP contribution >= 0.6 is 11.3 Å². The average Bonchev–Trinajstić information content (AvgIpc) is 3.48. The normalized spacial score (nSPS) is 20.9. The van der Waals surface area contributed by atoms with Crippen LogP contribution in [0.2, 0.25) is 0 Å². The van der Waals surface area contributed by atoms with Crippen LogP contribution in [-0.4, -0.2) is 69.1 Å². The smallest absolute Gasteiger partial charge is 0.424 e. The molecule has 5 heterocycles. The second-order valence-electron chi connectivity index (χ2n) is 10.0. The third kappa shape index (κ3) is 4.47. The van der Waals surface area contributed by atoms with Crippen LogP contribution in [-0.2, 0) is 4.74 Å². The molecule has 1 N–H and O–H groups in total. The van der Waals surface area contributed by atoms with Gasteiger partial charge in [0.25, 0.3) is 6.01 Å². The van der Waals surface area contributed by atoms with Gasteiger partial charge in [0, 0.05) is 24.7 Å². The molecule has 0 radical (unpaired) electrons. The van der Waals surface area contributed by atoms with E-state index < -0.39 is 17.8 Å². The summed E-state index contributed by atoms with van der Waals surface area (Å²) < 4.78 is 45.5. The summed E-state index contributed by atoms with van der Waals surface area (Å²) in [5, 5.41) is 12.2. The third-order valence-electron chi connectivity index (χ3n) is 6.25. The quantitative estimate of drug-likeness (QED) is 0.488. The first-order valence-corrected chi connectivity index (χ1v) is 12.7. The van der Waals surface area contributed by atoms with Crippen molar-refractivity contribution in [2.75, 3.05) is 18.0 Å². The fourth-order valence-corrected chi connectivity index (χ4v) is 5.21. The Balaban J connectivity index is 1.45. The van der Waals surface area contributed by atoms with Crippen molar-refractivity contribution in [3.63, 3.8) is 0 Å². The molecular formula is C24H28F2N4O5S. The molecule has 0 saturated carbocycles. The minimum atomic E-state index is -3.80. The molecular weight excluding hydrogens is 494 g/mol. The van der Waals surface area contributed by atoms with Gasteiger partial charge < -0.3 is 23.9 Å². The summed E-state index contributed by atoms with van der Waals surface area (Å²) in [6, 6.07) is 3.10. The lowest BCUT2D eigenvalue weighted by Gasteiger charge is -2.55. The zero-order chi connectivity index (χ0) is 25.8. The van der Waals surface area contributed by atoms with Crippen LogP contribution in [0.1, 0.15) is 40.5 Å². The summed E-state index contributed by atoms with van der Waals surface area (Å²) in [6.07, 6.45) is -3.81. The maximum Gasteiger partial charge on any atom is 0.424 e. The fraction of sp³-hybridized carbons (Fsp3) is 0.542. The summed E-state index contributed by atoms with van der Waals surface area (Å²) >= 11 is 1.38. The Hall–Kier alpha value is -2.99. The predicted octanol–water partition coefficient (Wildman–Crippen LogP) is 4.89. The number of amides is 1. The van der Waals surface area contributed by atoms with Crippen LogP contribution in [0.25, 0.3) is 21.7 Å². The molecule has 9 nitrogen and oxygen atoms in total. The Kier molecular flexibility index (Phi) is 6.06. The van der Waals surface area contributed by atoms with Crippen molar-refractivity contribution < 1.29 is 32.6 Å². The molecule has 3 unspecified atom stereocenters. The Morgan fingerprint density at radius 2 is 2.03 bits per heavy atom. The van der Waals surface area contributed by atoms with Gasteiger partial charge in [0.2, 0.25) is 0 Å². The summed E-state index contributed by atoms with van der Waals surface area (Å²) in [5.41, 5.74) is 0.395. The van der Waals surface area contributed by atoms with E-state index in [0.29, 0.717) is 23.7 Å². The van der Waals surface area contributed by atoms with Gasteiger partial charge in [-0.1, -0.05) is 6.92 Å². The Morgan fingerprint density at radius 1 is 1.31 bits per heavy atom. The van der Waals surface area contributed by atoms with E-state index in [1.165, 1.54) is 24.3 Å². The van der Waals surface area contributed by atoms with Crippen LogP contribution in [0, 0.1) is 0 Å². The van der Waals surface area contributed by atoms with Gasteiger partial charge in [-0.25, -0.2) is 9.78 Å². The first kappa shape index (κ1) is 24.7. The number of hydrogen-bond acceptors (Lipinski definition) is 9. The highest BCUT2D eigenvalue weighted by Gasteiger charge is 2.50. The number of benzene rings is 1. The van der Waals surface area contributed by atoms with Crippen molar-refractivity contribution >= 4 is 34.5 Å². The van der Waals surface area contributed by atoms with Crippen LogP contribution in [0.4, 0.5) is 19.6 Å². The zero-order valence-corrected chi connectivity index (χ0v) is 21.2. The highest BCUT2D eigenvalue weighted by atomic mass is 32.1. The van der Waals surface area contributed by atoms with E-state index in [1.54, 1.807) is 22.5 Å². The number of hydrogen-bond donors (Lipinski definition) is 1. The van der Waals surface area contributed by atoms with Crippen LogP contribution in [0.15, 0.2) is 28.1 Å². The van der Waals surface area contributed by atoms with Crippen LogP contribution in [0.5, 0.6) is 5.75 Å². The van der Waals surface area contributed by atoms with Crippen molar-refractivity contribution in [1.29, 1.82) is 0 Å². The molecule has 3 aromatic rings. The van der Waals surface area contributed by atoms with Crippen LogP contribution < -0.4 is 9.64 Å². The lowest BCUT2D eigenvalue weighted by Crippen LogP contribution is -2.70. The lowest BCUT2D eigenvalue weighted by atomic mass is 9.88. The molecule has 1 aromatic carbocycles. The van der Waals surface area contributed by atoms with Crippen molar-refractivity contribution in [1.82, 2.24) is 14.9 Å². The predicted molar refractivity (Wildman–Crippen MR) is 129 cm³/mol. The number of nitrogens with zero attached hydrogens (tertiary/aromatic N) is 4. The number of aromatic nitrogens is 2. The summed E-state index contributed by atoms with van der Waals surface area (Å²) in [4.78, 5) is 25.1. The van der Waals surface area contributed by atoms with Crippen molar-refractivity contribution in [2.45, 2.75) is 70.4 Å². The standard InChI is InChI=1S/C24H28F2N4O5S/c1-5-17(31)24(25,26)34-16-7-6-15(20-27-8-9-36-20)19-18(16)28-21(33-19)29-11-13-10-14(12-29)30(13)22(32)35-23(2,3)4/h6-9,13-14,17,31H,5,10-12H2,1-4H3. The molecule has 6 rings (SSSR count). The van der Waals surface area contributed by atoms with E-state index in [-0.39, 0.29) is 47.5 Å². The second-order valence-corrected chi connectivity index (χ2v) is 10.9. The van der Waals surface area contributed by atoms with Crippen molar-refractivity contribution in [3.05, 3.63) is 23.7 Å². The van der Waals surface area contributed by atoms with E-state index in [2.05, 4.69) is 9.97 Å². The molecule has 2 bridgehead atoms. The molecule has 0 spiro atoms. The number of anilines is 1. The number of oxazole rings is 1. The number of rotatable bonds is 6. The number of piperidine rings is 1. The minimum absolute atomic E-state index is 0.0631. The summed E-state index contributed by atoms with van der Waals surface area (Å²) in [6.45, 7) is 7.86. The van der Waals surface area contributed by atoms with Gasteiger partial charge in [0.15, 0.2) is 23.0 Å². The number of carbonyl (C=O) groups excluding carboxylic acids is 1. The Labute approximate surface area is 210 Å². The van der Waals surface area contributed by atoms with Crippen molar-refractivity contribution in [2.24, 2.45) is 0 Å². The molecule has 3 aliphatic heterocycles. The van der Waals surface area contributed by atoms with Gasteiger partial charge >= 0.3 is 12.2 Å². The Bertz CT molecular complexity index is 1250. The molecule has 1 amide bonds. The first-order valence-electron chi connectivity index (χ1n) is 11.8. The molecule has 3 atom stereocenters. The van der Waals surface area contributed by atoms with Crippen molar-refractivity contribution in [3.8, 4) is 16.3 Å². The number of piperazine rings is 1. The molecule has 3 aliphatic rings. The summed E-state index contributed by atoms with van der Waals surface area (Å²) in [5.74, 6) is -0.199. The minimum Gasteiger partial charge on any atom is -0.444 e. The highest BCUT2D eigenvalue weighted by Crippen LogP contribution is 2.42. The highest BCUT2D eigenvalue weighted by molar-refractivity contribution is 7.13. The molecule has 194 valence electrons. The van der Waals surface area contributed by atoms with Crippen LogP contribution in [0.3, 0.4) is 0 Å². The molecule has 36 heavy (non-hydrogen) atoms. The third-order valence-corrected chi connectivity index (χ3v) is 7.05. The average molecular weight is 523 g/mol. The molecule has 12 heteroatoms. The van der Waals surface area contributed by atoms with E-state index >= 15 is 0 Å². The topological polar surface area (TPSA) is 101 Å². The van der Waals surface area contributed by atoms with E-state index in [9.17, 15) is 18.7 Å². The number of aliphatic hydroxyl groups excluding tert-OH is 1. The fourth-order valence-electron chi connectivity index (χ4n) is 4.55. The zero-order valence-electron chi connectivity index (χ0n) is 20.4. The Morgan fingerprint density at radius 3 is 2.64 bits per heavy atom. The monoisotopic (exact) mass is 522 g/mol. The van der Waals surface area contributed by atoms with E-state index in [4.69, 9.17) is 13.9 Å². The maximum atomic E-state index is 14.5. The van der Waals surface area contributed by atoms with E-state index in [0.717, 1.165) is 6.42 Å². The summed E-state index contributed by atoms with van der Waals surface area (Å²) in [7, 11) is 0. The number of thiazole rings is 1. The number of ether oxygens (including phenoxy) is 2. The van der Waals surface area contributed by atoms with Gasteiger partial charge in [0.05, 0.1) is 17.6 Å². The molecule has 2 aromatic heterocycles. The second kappa shape index (κ2) is 8.84. The number of aliphatic hydroxyl groups is 1. The van der Waals surface area contributed by atoms with Gasteiger partial charge in [0.1, 0.15) is 10.6 Å². The van der Waals surface area contributed by atoms with Gasteiger partial charge in [-0.15, -0.1) is 11.3 Å². The molecule has 3 saturated heterocycles. The largest absolute Gasteiger partial charge is 0.444 e. The maximum absolute atomic E-state index is 14.5. The number of alkyl halides is 2. The van der Waals surface area contributed by atoms with Gasteiger partial charge in [-0.2, -0.15) is 13.8 Å². The SMILES string of the molecule is CCC(O)C(F)(F)Oc1ccc(-c2nccs2)c2oc(N3CC4CC(C3)N4C(=O)OC(C)(C)C)nc12. The molecule has 0 aliphatic carbocycles. The lowest BCUT2D eigenvalue weighted by molar-refractivity contribution is -0.239.